The van der Waals surface area contributed by atoms with Crippen LogP contribution in [0.4, 0.5) is 0 Å². The summed E-state index contributed by atoms with van der Waals surface area (Å²) in [6.45, 7) is 0. The van der Waals surface area contributed by atoms with E-state index in [1.165, 1.54) is 0 Å². The van der Waals surface area contributed by atoms with Crippen molar-refractivity contribution in [2.45, 2.75) is 0 Å². The SMILES string of the molecule is [I][AlH][c]1noc2ccncc12. The Morgan fingerprint density at radius 3 is 3.27 bits per heavy atom. The van der Waals surface area contributed by atoms with Gasteiger partial charge in [-0.25, -0.2) is 20.3 Å². The molecule has 0 aliphatic carbocycles. The lowest BCUT2D eigenvalue weighted by Crippen LogP contribution is -2.09. The molecule has 0 saturated heterocycles. The summed E-state index contributed by atoms with van der Waals surface area (Å²) < 4.78 is 6.19. The van der Waals surface area contributed by atoms with E-state index in [4.69, 9.17) is 4.52 Å². The second-order valence-electron chi connectivity index (χ2n) is 2.13. The topological polar surface area (TPSA) is 38.9 Å². The fourth-order valence-corrected chi connectivity index (χ4v) is 3.10. The maximum Gasteiger partial charge on any atom is 0.411 e. The molecule has 2 aromatic heterocycles. The number of nitrogens with zero attached hydrogens (tertiary/aromatic N) is 2. The molecule has 0 fully saturated rings. The van der Waals surface area contributed by atoms with Gasteiger partial charge >= 0.3 is 11.9 Å². The van der Waals surface area contributed by atoms with Crippen LogP contribution in [0.5, 0.6) is 0 Å². The summed E-state index contributed by atoms with van der Waals surface area (Å²) in [5.74, 6) is 0. The van der Waals surface area contributed by atoms with Crippen LogP contribution in [0.25, 0.3) is 11.0 Å². The molecule has 0 spiro atoms. The molecule has 0 aliphatic rings. The summed E-state index contributed by atoms with van der Waals surface area (Å²) in [7, 11) is 0. The highest BCUT2D eigenvalue weighted by Crippen LogP contribution is 2.07. The molecule has 3 nitrogen and oxygen atoms in total. The van der Waals surface area contributed by atoms with Gasteiger partial charge in [0.1, 0.15) is 0 Å². The average molecular weight is 274 g/mol. The first-order chi connectivity index (χ1) is 5.42. The van der Waals surface area contributed by atoms with Crippen LogP contribution in [0.3, 0.4) is 0 Å². The van der Waals surface area contributed by atoms with Gasteiger partial charge in [0.15, 0.2) is 5.58 Å². The second-order valence-corrected chi connectivity index (χ2v) is 5.36. The number of halogens is 1. The van der Waals surface area contributed by atoms with Crippen molar-refractivity contribution in [2.75, 3.05) is 0 Å². The van der Waals surface area contributed by atoms with E-state index in [0.29, 0.717) is 0 Å². The smallest absolute Gasteiger partial charge is 0.357 e. The Morgan fingerprint density at radius 2 is 2.45 bits per heavy atom. The minimum atomic E-state index is -0.263. The van der Waals surface area contributed by atoms with Crippen LogP contribution in [-0.4, -0.2) is 22.1 Å². The monoisotopic (exact) mass is 274 g/mol. The van der Waals surface area contributed by atoms with Crippen LogP contribution >= 0.6 is 20.3 Å². The highest BCUT2D eigenvalue weighted by atomic mass is 127. The lowest BCUT2D eigenvalue weighted by atomic mass is 10.4. The van der Waals surface area contributed by atoms with Crippen molar-refractivity contribution in [3.05, 3.63) is 18.5 Å². The minimum absolute atomic E-state index is 0.263. The summed E-state index contributed by atoms with van der Waals surface area (Å²) in [6, 6.07) is 1.84. The number of aromatic nitrogens is 2. The zero-order chi connectivity index (χ0) is 7.68. The molecular formula is C6H4AlIN2O. The van der Waals surface area contributed by atoms with Crippen LogP contribution in [-0.2, 0) is 0 Å². The molecule has 54 valence electrons. The van der Waals surface area contributed by atoms with Gasteiger partial charge in [0, 0.05) is 28.4 Å². The predicted molar refractivity (Wildman–Crippen MR) is 52.6 cm³/mol. The Hall–Kier alpha value is -0.118. The van der Waals surface area contributed by atoms with E-state index in [0.717, 1.165) is 15.5 Å². The van der Waals surface area contributed by atoms with Crippen LogP contribution in [0.1, 0.15) is 0 Å². The van der Waals surface area contributed by atoms with Gasteiger partial charge in [-0.05, 0) is 0 Å². The quantitative estimate of drug-likeness (QED) is 0.565. The Morgan fingerprint density at radius 1 is 1.55 bits per heavy atom. The minimum Gasteiger partial charge on any atom is -0.357 e. The van der Waals surface area contributed by atoms with E-state index in [2.05, 4.69) is 30.4 Å². The van der Waals surface area contributed by atoms with Gasteiger partial charge in [-0.3, -0.25) is 4.98 Å². The first kappa shape index (κ1) is 7.53. The molecule has 11 heavy (non-hydrogen) atoms. The van der Waals surface area contributed by atoms with Crippen molar-refractivity contribution >= 4 is 47.7 Å². The molecule has 0 amide bonds. The summed E-state index contributed by atoms with van der Waals surface area (Å²) in [5, 5.41) is 5.03. The third-order valence-electron chi connectivity index (χ3n) is 1.47. The van der Waals surface area contributed by atoms with Crippen molar-refractivity contribution in [2.24, 2.45) is 0 Å². The van der Waals surface area contributed by atoms with Gasteiger partial charge in [0.25, 0.3) is 0 Å². The summed E-state index contributed by atoms with van der Waals surface area (Å²) in [4.78, 5) is 4.01. The lowest BCUT2D eigenvalue weighted by molar-refractivity contribution is 0.463. The van der Waals surface area contributed by atoms with Crippen molar-refractivity contribution in [1.29, 1.82) is 0 Å². The highest BCUT2D eigenvalue weighted by Gasteiger charge is 2.06. The molecule has 2 rings (SSSR count). The highest BCUT2D eigenvalue weighted by molar-refractivity contribution is 14.1. The Kier molecular flexibility index (Phi) is 2.12. The maximum atomic E-state index is 5.08. The van der Waals surface area contributed by atoms with Gasteiger partial charge in [0.05, 0.1) is 0 Å². The summed E-state index contributed by atoms with van der Waals surface area (Å²) in [5.41, 5.74) is 0.846. The van der Waals surface area contributed by atoms with E-state index >= 15 is 0 Å². The van der Waals surface area contributed by atoms with Crippen LogP contribution in [0.15, 0.2) is 23.0 Å². The van der Waals surface area contributed by atoms with E-state index in [1.54, 1.807) is 6.20 Å². The van der Waals surface area contributed by atoms with Gasteiger partial charge < -0.3 is 4.52 Å². The molecular weight excluding hydrogens is 270 g/mol. The van der Waals surface area contributed by atoms with Gasteiger partial charge in [-0.1, -0.05) is 0 Å². The normalized spacial score (nSPS) is 10.3. The third-order valence-corrected chi connectivity index (χ3v) is 4.40. The first-order valence-corrected chi connectivity index (χ1v) is 8.98. The number of hydrogen-bond acceptors (Lipinski definition) is 3. The molecule has 0 bridgehead atoms. The van der Waals surface area contributed by atoms with Crippen molar-refractivity contribution < 1.29 is 4.52 Å². The molecule has 0 aromatic carbocycles. The Bertz CT molecular complexity index is 375. The van der Waals surface area contributed by atoms with E-state index < -0.39 is 0 Å². The largest absolute Gasteiger partial charge is 0.411 e. The molecule has 0 atom stereocenters. The molecule has 0 radical (unpaired) electrons. The van der Waals surface area contributed by atoms with E-state index in [-0.39, 0.29) is 11.9 Å². The number of pyridine rings is 1. The number of rotatable bonds is 1. The van der Waals surface area contributed by atoms with E-state index in [9.17, 15) is 0 Å². The molecule has 5 heteroatoms. The fourth-order valence-electron chi connectivity index (χ4n) is 0.928. The maximum absolute atomic E-state index is 5.08. The number of hydrogen-bond donors (Lipinski definition) is 0. The van der Waals surface area contributed by atoms with Crippen LogP contribution < -0.4 is 4.56 Å². The molecule has 0 aliphatic heterocycles. The van der Waals surface area contributed by atoms with Crippen LogP contribution in [0, 0.1) is 0 Å². The number of fused-ring (bicyclic) bond motifs is 1. The van der Waals surface area contributed by atoms with Gasteiger partial charge in [-0.2, -0.15) is 0 Å². The first-order valence-electron chi connectivity index (χ1n) is 3.16. The fraction of sp³-hybridized carbons (Fsp3) is 0. The van der Waals surface area contributed by atoms with Crippen molar-refractivity contribution in [1.82, 2.24) is 10.1 Å². The Balaban J connectivity index is 2.76. The van der Waals surface area contributed by atoms with E-state index in [1.807, 2.05) is 12.3 Å². The molecule has 0 unspecified atom stereocenters. The standard InChI is InChI=1S/C6H3N2O.Al.HI.H/c1-2-7-3-5-4-8-9-6(1)5;;;/h1-3H;;1H;/q;+1;;/p-1. The van der Waals surface area contributed by atoms with Gasteiger partial charge in [0.2, 0.25) is 0 Å². The molecule has 2 heterocycles. The summed E-state index contributed by atoms with van der Waals surface area (Å²) >= 11 is 2.12. The molecule has 2 aromatic rings. The van der Waals surface area contributed by atoms with Gasteiger partial charge in [-0.15, -0.1) is 5.16 Å². The lowest BCUT2D eigenvalue weighted by Gasteiger charge is -1.83. The third kappa shape index (κ3) is 1.28. The zero-order valence-corrected chi connectivity index (χ0v) is 9.19. The zero-order valence-electron chi connectivity index (χ0n) is 5.62. The Labute approximate surface area is 80.5 Å². The predicted octanol–water partition coefficient (Wildman–Crippen LogP) is 0.635. The second kappa shape index (κ2) is 3.09. The van der Waals surface area contributed by atoms with Crippen LogP contribution in [0.2, 0.25) is 0 Å². The molecule has 0 N–H and O–H groups in total. The van der Waals surface area contributed by atoms with Crippen molar-refractivity contribution in [3.8, 4) is 0 Å². The summed E-state index contributed by atoms with van der Waals surface area (Å²) in [6.07, 6.45) is 3.53. The molecule has 0 saturated carbocycles. The van der Waals surface area contributed by atoms with Crippen molar-refractivity contribution in [3.63, 3.8) is 0 Å². The average Bonchev–Trinajstić information content (AvgIpc) is 2.47.